The van der Waals surface area contributed by atoms with Crippen molar-refractivity contribution in [3.8, 4) is 5.88 Å². The molecule has 0 spiro atoms. The molecule has 0 bridgehead atoms. The van der Waals surface area contributed by atoms with Crippen LogP contribution >= 0.6 is 0 Å². The van der Waals surface area contributed by atoms with Gasteiger partial charge in [-0.2, -0.15) is 14.6 Å². The molecule has 2 aromatic heterocycles. The minimum atomic E-state index is -3.63. The van der Waals surface area contributed by atoms with Crippen LogP contribution in [-0.2, 0) is 16.6 Å². The smallest absolute Gasteiger partial charge is 0.255 e. The maximum atomic E-state index is 12.1. The van der Waals surface area contributed by atoms with E-state index in [0.717, 1.165) is 4.52 Å². The Hall–Kier alpha value is -2.52. The van der Waals surface area contributed by atoms with Gasteiger partial charge in [0.05, 0.1) is 17.1 Å². The number of hydrogen-bond donors (Lipinski definition) is 2. The number of aromatic hydroxyl groups is 1. The number of fused-ring (bicyclic) bond motifs is 1. The molecule has 0 saturated heterocycles. The fourth-order valence-corrected chi connectivity index (χ4v) is 2.81. The van der Waals surface area contributed by atoms with E-state index in [0.29, 0.717) is 5.69 Å². The van der Waals surface area contributed by atoms with Crippen LogP contribution in [0.1, 0.15) is 5.69 Å². The third kappa shape index (κ3) is 2.69. The molecular weight excluding hydrogens is 294 g/mol. The van der Waals surface area contributed by atoms with Gasteiger partial charge in [-0.05, 0) is 12.1 Å². The monoisotopic (exact) mass is 305 g/mol. The van der Waals surface area contributed by atoms with Crippen molar-refractivity contribution in [1.29, 1.82) is 0 Å². The van der Waals surface area contributed by atoms with Gasteiger partial charge >= 0.3 is 0 Å². The second-order valence-electron chi connectivity index (χ2n) is 4.22. The summed E-state index contributed by atoms with van der Waals surface area (Å²) in [5.74, 6) is 0.0373. The standard InChI is InChI=1S/C12H11N5O3S/c18-11-6-9(16-12-13-8-14-17(11)12)7-15-21(19,20)10-4-2-1-3-5-10/h1-6,8,15,18H,7H2. The van der Waals surface area contributed by atoms with Crippen molar-refractivity contribution in [2.24, 2.45) is 0 Å². The molecule has 21 heavy (non-hydrogen) atoms. The van der Waals surface area contributed by atoms with Gasteiger partial charge in [-0.3, -0.25) is 0 Å². The van der Waals surface area contributed by atoms with Crippen molar-refractivity contribution in [2.45, 2.75) is 11.4 Å². The molecule has 0 saturated carbocycles. The summed E-state index contributed by atoms with van der Waals surface area (Å²) in [6.45, 7) is -0.0614. The molecule has 0 unspecified atom stereocenters. The van der Waals surface area contributed by atoms with E-state index in [9.17, 15) is 13.5 Å². The second kappa shape index (κ2) is 5.11. The minimum absolute atomic E-state index is 0.0614. The topological polar surface area (TPSA) is 109 Å². The molecule has 8 nitrogen and oxygen atoms in total. The van der Waals surface area contributed by atoms with Gasteiger partial charge in [0.2, 0.25) is 15.9 Å². The average Bonchev–Trinajstić information content (AvgIpc) is 2.95. The second-order valence-corrected chi connectivity index (χ2v) is 5.98. The first-order chi connectivity index (χ1) is 10.1. The van der Waals surface area contributed by atoms with Gasteiger partial charge in [-0.1, -0.05) is 18.2 Å². The van der Waals surface area contributed by atoms with Crippen LogP contribution in [0.3, 0.4) is 0 Å². The van der Waals surface area contributed by atoms with Crippen LogP contribution < -0.4 is 4.72 Å². The highest BCUT2D eigenvalue weighted by atomic mass is 32.2. The molecule has 0 aliphatic carbocycles. The van der Waals surface area contributed by atoms with E-state index in [4.69, 9.17) is 0 Å². The van der Waals surface area contributed by atoms with Crippen LogP contribution in [0.4, 0.5) is 0 Å². The first kappa shape index (κ1) is 13.5. The van der Waals surface area contributed by atoms with E-state index in [1.807, 2.05) is 0 Å². The molecular formula is C12H11N5O3S. The summed E-state index contributed by atoms with van der Waals surface area (Å²) in [6, 6.07) is 9.33. The van der Waals surface area contributed by atoms with Crippen LogP contribution in [0.2, 0.25) is 0 Å². The number of aromatic nitrogens is 4. The molecule has 3 rings (SSSR count). The largest absolute Gasteiger partial charge is 0.493 e. The minimum Gasteiger partial charge on any atom is -0.493 e. The predicted molar refractivity (Wildman–Crippen MR) is 72.9 cm³/mol. The van der Waals surface area contributed by atoms with Crippen molar-refractivity contribution < 1.29 is 13.5 Å². The van der Waals surface area contributed by atoms with E-state index in [-0.39, 0.29) is 23.1 Å². The van der Waals surface area contributed by atoms with Crippen LogP contribution in [0.15, 0.2) is 47.6 Å². The summed E-state index contributed by atoms with van der Waals surface area (Å²) in [4.78, 5) is 8.11. The van der Waals surface area contributed by atoms with Gasteiger partial charge in [-0.15, -0.1) is 0 Å². The molecule has 0 radical (unpaired) electrons. The molecule has 2 N–H and O–H groups in total. The highest BCUT2D eigenvalue weighted by Crippen LogP contribution is 2.12. The van der Waals surface area contributed by atoms with E-state index in [1.54, 1.807) is 18.2 Å². The summed E-state index contributed by atoms with van der Waals surface area (Å²) < 4.78 is 27.7. The molecule has 1 aromatic carbocycles. The van der Waals surface area contributed by atoms with Crippen LogP contribution in [0.25, 0.3) is 5.78 Å². The lowest BCUT2D eigenvalue weighted by atomic mass is 10.4. The molecule has 3 aromatic rings. The molecule has 108 valence electrons. The Morgan fingerprint density at radius 3 is 2.76 bits per heavy atom. The summed E-state index contributed by atoms with van der Waals surface area (Å²) in [6.07, 6.45) is 1.25. The summed E-state index contributed by atoms with van der Waals surface area (Å²) in [7, 11) is -3.63. The van der Waals surface area contributed by atoms with Crippen LogP contribution in [0.5, 0.6) is 5.88 Å². The van der Waals surface area contributed by atoms with E-state index >= 15 is 0 Å². The third-order valence-electron chi connectivity index (χ3n) is 2.78. The van der Waals surface area contributed by atoms with Gasteiger partial charge in [-0.25, -0.2) is 18.1 Å². The Bertz CT molecular complexity index is 876. The Morgan fingerprint density at radius 2 is 2.00 bits per heavy atom. The first-order valence-corrected chi connectivity index (χ1v) is 7.48. The van der Waals surface area contributed by atoms with Crippen molar-refractivity contribution in [2.75, 3.05) is 0 Å². The average molecular weight is 305 g/mol. The van der Waals surface area contributed by atoms with E-state index < -0.39 is 10.0 Å². The van der Waals surface area contributed by atoms with Gasteiger partial charge in [0.15, 0.2) is 0 Å². The molecule has 9 heteroatoms. The third-order valence-corrected chi connectivity index (χ3v) is 4.20. The fraction of sp³-hybridized carbons (Fsp3) is 0.0833. The Kier molecular flexibility index (Phi) is 3.28. The lowest BCUT2D eigenvalue weighted by molar-refractivity contribution is 0.433. The van der Waals surface area contributed by atoms with Crippen molar-refractivity contribution in [3.63, 3.8) is 0 Å². The molecule has 0 atom stereocenters. The van der Waals surface area contributed by atoms with Gasteiger partial charge in [0.25, 0.3) is 5.78 Å². The number of hydrogen-bond acceptors (Lipinski definition) is 6. The summed E-state index contributed by atoms with van der Waals surface area (Å²) >= 11 is 0. The number of sulfonamides is 1. The fourth-order valence-electron chi connectivity index (χ4n) is 1.79. The van der Waals surface area contributed by atoms with Crippen molar-refractivity contribution >= 4 is 15.8 Å². The maximum Gasteiger partial charge on any atom is 0.255 e. The van der Waals surface area contributed by atoms with Crippen molar-refractivity contribution in [1.82, 2.24) is 24.3 Å². The first-order valence-electron chi connectivity index (χ1n) is 5.99. The van der Waals surface area contributed by atoms with E-state index in [2.05, 4.69) is 19.8 Å². The quantitative estimate of drug-likeness (QED) is 0.718. The molecule has 0 aliphatic rings. The molecule has 0 aliphatic heterocycles. The van der Waals surface area contributed by atoms with Crippen LogP contribution in [0, 0.1) is 0 Å². The SMILES string of the molecule is O=S(=O)(NCc1cc(O)n2ncnc2n1)c1ccccc1. The Morgan fingerprint density at radius 1 is 1.24 bits per heavy atom. The summed E-state index contributed by atoms with van der Waals surface area (Å²) in [5.41, 5.74) is 0.340. The van der Waals surface area contributed by atoms with Crippen molar-refractivity contribution in [3.05, 3.63) is 48.4 Å². The number of rotatable bonds is 4. The normalized spacial score (nSPS) is 11.8. The predicted octanol–water partition coefficient (Wildman–Crippen LogP) is 0.308. The lowest BCUT2D eigenvalue weighted by Gasteiger charge is -2.06. The number of benzene rings is 1. The zero-order valence-corrected chi connectivity index (χ0v) is 11.5. The zero-order chi connectivity index (χ0) is 14.9. The van der Waals surface area contributed by atoms with Crippen LogP contribution in [-0.4, -0.2) is 33.1 Å². The zero-order valence-electron chi connectivity index (χ0n) is 10.7. The molecule has 2 heterocycles. The highest BCUT2D eigenvalue weighted by molar-refractivity contribution is 7.89. The van der Waals surface area contributed by atoms with Gasteiger partial charge in [0, 0.05) is 6.07 Å². The Labute approximate surface area is 120 Å². The van der Waals surface area contributed by atoms with E-state index in [1.165, 1.54) is 24.5 Å². The molecule has 0 amide bonds. The maximum absolute atomic E-state index is 12.1. The number of nitrogens with zero attached hydrogens (tertiary/aromatic N) is 4. The Balaban J connectivity index is 1.83. The van der Waals surface area contributed by atoms with Gasteiger partial charge < -0.3 is 5.11 Å². The summed E-state index contributed by atoms with van der Waals surface area (Å²) in [5, 5.41) is 13.5. The lowest BCUT2D eigenvalue weighted by Crippen LogP contribution is -2.23. The molecule has 0 fully saturated rings. The van der Waals surface area contributed by atoms with Gasteiger partial charge in [0.1, 0.15) is 6.33 Å². The number of nitrogens with one attached hydrogen (secondary N) is 1. The highest BCUT2D eigenvalue weighted by Gasteiger charge is 2.14.